The predicted molar refractivity (Wildman–Crippen MR) is 147 cm³/mol. The van der Waals surface area contributed by atoms with Gasteiger partial charge in [0.25, 0.3) is 0 Å². The Bertz CT molecular complexity index is 1300. The summed E-state index contributed by atoms with van der Waals surface area (Å²) in [4.78, 5) is 41.9. The van der Waals surface area contributed by atoms with E-state index in [1.165, 1.54) is 11.0 Å². The number of tetrazole rings is 1. The van der Waals surface area contributed by atoms with Gasteiger partial charge in [-0.25, -0.2) is 9.48 Å². The van der Waals surface area contributed by atoms with Gasteiger partial charge in [0.1, 0.15) is 24.7 Å². The van der Waals surface area contributed by atoms with Crippen molar-refractivity contribution in [3.63, 3.8) is 0 Å². The zero-order valence-electron chi connectivity index (χ0n) is 22.7. The van der Waals surface area contributed by atoms with E-state index in [9.17, 15) is 19.5 Å². The normalized spacial score (nSPS) is 17.9. The molecule has 0 spiro atoms. The molecule has 0 aliphatic carbocycles. The van der Waals surface area contributed by atoms with E-state index in [2.05, 4.69) is 26.2 Å². The Kier molecular flexibility index (Phi) is 9.27. The number of carbonyl (C=O) groups excluding carboxylic acids is 3. The third-order valence-corrected chi connectivity index (χ3v) is 6.72. The minimum atomic E-state index is -0.468. The van der Waals surface area contributed by atoms with Crippen molar-refractivity contribution in [1.29, 1.82) is 0 Å². The molecule has 0 bridgehead atoms. The van der Waals surface area contributed by atoms with Gasteiger partial charge >= 0.3 is 6.03 Å². The number of hydrogen-bond donors (Lipinski definition) is 3. The van der Waals surface area contributed by atoms with E-state index in [1.807, 2.05) is 25.1 Å². The number of urea groups is 1. The number of fused-ring (bicyclic) bond motifs is 1. The van der Waals surface area contributed by atoms with Crippen LogP contribution < -0.4 is 15.4 Å². The first-order valence-corrected chi connectivity index (χ1v) is 13.0. The third kappa shape index (κ3) is 7.32. The highest BCUT2D eigenvalue weighted by Crippen LogP contribution is 2.29. The van der Waals surface area contributed by atoms with Crippen LogP contribution in [0.15, 0.2) is 54.9 Å². The SMILES string of the molecule is C[C@H](CO)N1C[C@H](C)[C@H](CN(C)C(=O)Nc2ccccc2)Oc2ccc(NC(=O)Cn3cnnn3)cc2CC1=O. The van der Waals surface area contributed by atoms with E-state index in [0.717, 1.165) is 0 Å². The lowest BCUT2D eigenvalue weighted by atomic mass is 10.0. The molecule has 13 nitrogen and oxygen atoms in total. The second kappa shape index (κ2) is 13.0. The molecule has 2 heterocycles. The van der Waals surface area contributed by atoms with E-state index in [1.54, 1.807) is 54.1 Å². The maximum atomic E-state index is 13.4. The average molecular weight is 551 g/mol. The smallest absolute Gasteiger partial charge is 0.321 e. The Hall–Kier alpha value is -4.52. The molecule has 0 saturated carbocycles. The van der Waals surface area contributed by atoms with Crippen molar-refractivity contribution in [2.75, 3.05) is 37.4 Å². The molecule has 3 aromatic rings. The van der Waals surface area contributed by atoms with Crippen LogP contribution in [0.5, 0.6) is 5.75 Å². The largest absolute Gasteiger partial charge is 0.488 e. The molecule has 0 saturated heterocycles. The highest BCUT2D eigenvalue weighted by Gasteiger charge is 2.32. The quantitative estimate of drug-likeness (QED) is 0.382. The van der Waals surface area contributed by atoms with E-state index in [4.69, 9.17) is 4.74 Å². The fourth-order valence-corrected chi connectivity index (χ4v) is 4.42. The first kappa shape index (κ1) is 28.5. The zero-order valence-corrected chi connectivity index (χ0v) is 22.7. The summed E-state index contributed by atoms with van der Waals surface area (Å²) in [6.45, 7) is 4.06. The number of likely N-dealkylation sites (N-methyl/N-ethyl adjacent to an activating group) is 1. The topological polar surface area (TPSA) is 155 Å². The van der Waals surface area contributed by atoms with Crippen LogP contribution in [0.1, 0.15) is 19.4 Å². The molecule has 3 atom stereocenters. The van der Waals surface area contributed by atoms with Gasteiger partial charge in [-0.3, -0.25) is 9.59 Å². The van der Waals surface area contributed by atoms with Gasteiger partial charge in [0.05, 0.1) is 25.6 Å². The van der Waals surface area contributed by atoms with Crippen LogP contribution in [0.4, 0.5) is 16.2 Å². The highest BCUT2D eigenvalue weighted by molar-refractivity contribution is 5.91. The zero-order chi connectivity index (χ0) is 28.6. The van der Waals surface area contributed by atoms with Crippen LogP contribution in [-0.2, 0) is 22.6 Å². The van der Waals surface area contributed by atoms with Gasteiger partial charge in [-0.1, -0.05) is 25.1 Å². The summed E-state index contributed by atoms with van der Waals surface area (Å²) in [6, 6.07) is 13.6. The van der Waals surface area contributed by atoms with Crippen LogP contribution >= 0.6 is 0 Å². The number of amides is 4. The number of hydrogen-bond acceptors (Lipinski definition) is 8. The number of benzene rings is 2. The van der Waals surface area contributed by atoms with Gasteiger partial charge in [-0.15, -0.1) is 5.10 Å². The lowest BCUT2D eigenvalue weighted by Gasteiger charge is -2.34. The van der Waals surface area contributed by atoms with E-state index in [-0.39, 0.29) is 49.9 Å². The molecule has 40 heavy (non-hydrogen) atoms. The van der Waals surface area contributed by atoms with Crippen LogP contribution in [0, 0.1) is 5.92 Å². The molecule has 212 valence electrons. The van der Waals surface area contributed by atoms with Crippen LogP contribution in [-0.4, -0.2) is 91.8 Å². The molecule has 4 amide bonds. The number of para-hydroxylation sites is 1. The highest BCUT2D eigenvalue weighted by atomic mass is 16.5. The second-order valence-corrected chi connectivity index (χ2v) is 9.94. The third-order valence-electron chi connectivity index (χ3n) is 6.72. The van der Waals surface area contributed by atoms with Gasteiger partial charge in [0.2, 0.25) is 11.8 Å². The molecule has 3 N–H and O–H groups in total. The summed E-state index contributed by atoms with van der Waals surface area (Å²) < 4.78 is 7.75. The summed E-state index contributed by atoms with van der Waals surface area (Å²) >= 11 is 0. The second-order valence-electron chi connectivity index (χ2n) is 9.94. The van der Waals surface area contributed by atoms with Crippen LogP contribution in [0.25, 0.3) is 0 Å². The van der Waals surface area contributed by atoms with Crippen LogP contribution in [0.2, 0.25) is 0 Å². The molecule has 1 aromatic heterocycles. The molecule has 2 aromatic carbocycles. The van der Waals surface area contributed by atoms with Gasteiger partial charge < -0.3 is 30.3 Å². The van der Waals surface area contributed by atoms with Crippen molar-refractivity contribution in [3.8, 4) is 5.75 Å². The standard InChI is InChI=1S/C27H34N8O5/c1-18-13-35(19(2)16-36)26(38)12-20-11-22(29-25(37)15-34-17-28-31-32-34)9-10-23(20)40-24(18)14-33(3)27(39)30-21-7-5-4-6-8-21/h4-11,17-19,24,36H,12-16H2,1-3H3,(H,29,37)(H,30,39)/t18-,19+,24-/m0/s1. The van der Waals surface area contributed by atoms with Crippen molar-refractivity contribution >= 4 is 29.2 Å². The number of ether oxygens (including phenoxy) is 1. The van der Waals surface area contributed by atoms with Gasteiger partial charge in [-0.05, 0) is 47.7 Å². The minimum absolute atomic E-state index is 0.0140. The first-order valence-electron chi connectivity index (χ1n) is 13.0. The van der Waals surface area contributed by atoms with Crippen molar-refractivity contribution in [1.82, 2.24) is 30.0 Å². The molecule has 1 aliphatic rings. The van der Waals surface area contributed by atoms with Crippen molar-refractivity contribution in [2.45, 2.75) is 39.0 Å². The van der Waals surface area contributed by atoms with Crippen molar-refractivity contribution in [2.24, 2.45) is 5.92 Å². The molecule has 0 unspecified atom stereocenters. The fourth-order valence-electron chi connectivity index (χ4n) is 4.42. The summed E-state index contributed by atoms with van der Waals surface area (Å²) in [5.41, 5.74) is 1.74. The van der Waals surface area contributed by atoms with E-state index >= 15 is 0 Å². The monoisotopic (exact) mass is 550 g/mol. The predicted octanol–water partition coefficient (Wildman–Crippen LogP) is 1.62. The molecular weight excluding hydrogens is 516 g/mol. The molecule has 1 aliphatic heterocycles. The number of anilines is 2. The average Bonchev–Trinajstić information content (AvgIpc) is 3.45. The fraction of sp³-hybridized carbons (Fsp3) is 0.407. The van der Waals surface area contributed by atoms with Crippen molar-refractivity contribution in [3.05, 3.63) is 60.4 Å². The summed E-state index contributed by atoms with van der Waals surface area (Å²) in [7, 11) is 1.68. The van der Waals surface area contributed by atoms with Gasteiger partial charge in [-0.2, -0.15) is 0 Å². The number of nitrogens with zero attached hydrogens (tertiary/aromatic N) is 6. The lowest BCUT2D eigenvalue weighted by Crippen LogP contribution is -2.48. The number of rotatable bonds is 8. The van der Waals surface area contributed by atoms with Crippen molar-refractivity contribution < 1.29 is 24.2 Å². The van der Waals surface area contributed by atoms with E-state index in [0.29, 0.717) is 29.2 Å². The Labute approximate surface area is 232 Å². The maximum Gasteiger partial charge on any atom is 0.321 e. The Morgan fingerprint density at radius 3 is 2.65 bits per heavy atom. The molecule has 0 fully saturated rings. The number of aliphatic hydroxyl groups is 1. The summed E-state index contributed by atoms with van der Waals surface area (Å²) in [5, 5.41) is 26.2. The van der Waals surface area contributed by atoms with E-state index < -0.39 is 12.1 Å². The van der Waals surface area contributed by atoms with Gasteiger partial charge in [0, 0.05) is 36.4 Å². The maximum absolute atomic E-state index is 13.4. The Morgan fingerprint density at radius 1 is 1.18 bits per heavy atom. The molecule has 4 rings (SSSR count). The van der Waals surface area contributed by atoms with Gasteiger partial charge in [0.15, 0.2) is 0 Å². The molecule has 13 heteroatoms. The number of aromatic nitrogens is 4. The summed E-state index contributed by atoms with van der Waals surface area (Å²) in [5.74, 6) is -0.201. The summed E-state index contributed by atoms with van der Waals surface area (Å²) in [6.07, 6.45) is 0.885. The first-order chi connectivity index (χ1) is 19.2. The molecular formula is C27H34N8O5. The Balaban J connectivity index is 1.56. The minimum Gasteiger partial charge on any atom is -0.488 e. The molecule has 0 radical (unpaired) electrons. The van der Waals surface area contributed by atoms with Crippen LogP contribution in [0.3, 0.4) is 0 Å². The number of aliphatic hydroxyl groups excluding tert-OH is 1. The Morgan fingerprint density at radius 2 is 1.95 bits per heavy atom. The number of carbonyl (C=O) groups is 3. The number of nitrogens with one attached hydrogen (secondary N) is 2. The lowest BCUT2D eigenvalue weighted by molar-refractivity contribution is -0.134.